The Kier molecular flexibility index (Phi) is 11.0. The summed E-state index contributed by atoms with van der Waals surface area (Å²) in [6.45, 7) is -0.404. The quantitative estimate of drug-likeness (QED) is 0.0941. The SMILES string of the molecule is Cl.NC(N)=NCCC[C@@H]1NC(=O)[C@@H]2C[C@H](NC(=O)[C@H](CC(=O)O)NC(=O)CNC1=O)[C@@H](O)[C@@H]2O. The van der Waals surface area contributed by atoms with Gasteiger partial charge in [0.1, 0.15) is 18.2 Å². The Morgan fingerprint density at radius 3 is 2.26 bits per heavy atom. The minimum absolute atomic E-state index is 0. The number of hydrogen-bond acceptors (Lipinski definition) is 8. The number of carbonyl (C=O) groups is 5. The lowest BCUT2D eigenvalue weighted by Crippen LogP contribution is -2.55. The maximum Gasteiger partial charge on any atom is 0.305 e. The fourth-order valence-corrected chi connectivity index (χ4v) is 3.69. The van der Waals surface area contributed by atoms with Crippen molar-refractivity contribution in [3.63, 3.8) is 0 Å². The molecule has 1 aliphatic carbocycles. The fraction of sp³-hybridized carbons (Fsp3) is 0.667. The second kappa shape index (κ2) is 12.9. The Morgan fingerprint density at radius 2 is 1.65 bits per heavy atom. The molecule has 0 spiro atoms. The molecule has 0 aromatic rings. The number of aliphatic carboxylic acids is 1. The van der Waals surface area contributed by atoms with Crippen LogP contribution >= 0.6 is 12.4 Å². The van der Waals surface area contributed by atoms with Crippen molar-refractivity contribution in [1.82, 2.24) is 21.3 Å². The van der Waals surface area contributed by atoms with Crippen LogP contribution in [0.2, 0.25) is 0 Å². The van der Waals surface area contributed by atoms with Crippen LogP contribution in [0, 0.1) is 5.92 Å². The van der Waals surface area contributed by atoms with Gasteiger partial charge < -0.3 is 48.1 Å². The number of fused-ring (bicyclic) bond motifs is 2. The number of nitrogens with two attached hydrogens (primary N) is 2. The van der Waals surface area contributed by atoms with Crippen LogP contribution in [-0.4, -0.2) is 94.3 Å². The highest BCUT2D eigenvalue weighted by molar-refractivity contribution is 5.94. The first-order chi connectivity index (χ1) is 15.5. The number of nitrogens with zero attached hydrogens (tertiary/aromatic N) is 1. The number of carboxylic acid groups (broad SMARTS) is 1. The van der Waals surface area contributed by atoms with Gasteiger partial charge in [0.25, 0.3) is 0 Å². The number of carbonyl (C=O) groups excluding carboxylic acids is 4. The van der Waals surface area contributed by atoms with Gasteiger partial charge >= 0.3 is 5.97 Å². The summed E-state index contributed by atoms with van der Waals surface area (Å²) in [7, 11) is 0. The van der Waals surface area contributed by atoms with Gasteiger partial charge in [-0.15, -0.1) is 12.4 Å². The molecule has 1 aliphatic heterocycles. The lowest BCUT2D eigenvalue weighted by molar-refractivity contribution is -0.141. The van der Waals surface area contributed by atoms with E-state index in [1.54, 1.807) is 0 Å². The average molecular weight is 508 g/mol. The fourth-order valence-electron chi connectivity index (χ4n) is 3.69. The van der Waals surface area contributed by atoms with Crippen LogP contribution in [0.5, 0.6) is 0 Å². The zero-order valence-corrected chi connectivity index (χ0v) is 18.9. The predicted molar refractivity (Wildman–Crippen MR) is 118 cm³/mol. The highest BCUT2D eigenvalue weighted by Crippen LogP contribution is 2.27. The van der Waals surface area contributed by atoms with Gasteiger partial charge in [0.2, 0.25) is 23.6 Å². The number of aliphatic hydroxyl groups is 2. The number of aliphatic hydroxyl groups excluding tert-OH is 2. The van der Waals surface area contributed by atoms with Crippen molar-refractivity contribution in [1.29, 1.82) is 0 Å². The summed E-state index contributed by atoms with van der Waals surface area (Å²) in [5.41, 5.74) is 10.5. The molecule has 1 heterocycles. The summed E-state index contributed by atoms with van der Waals surface area (Å²) in [5, 5.41) is 39.1. The van der Waals surface area contributed by atoms with Gasteiger partial charge in [0.15, 0.2) is 5.96 Å². The van der Waals surface area contributed by atoms with Crippen molar-refractivity contribution in [2.24, 2.45) is 22.4 Å². The molecule has 16 heteroatoms. The molecule has 11 N–H and O–H groups in total. The molecule has 4 amide bonds. The molecule has 0 aromatic carbocycles. The first-order valence-electron chi connectivity index (χ1n) is 10.3. The Bertz CT molecular complexity index is 822. The van der Waals surface area contributed by atoms with E-state index in [-0.39, 0.29) is 37.8 Å². The van der Waals surface area contributed by atoms with Crippen molar-refractivity contribution in [3.05, 3.63) is 0 Å². The Labute approximate surface area is 200 Å². The van der Waals surface area contributed by atoms with E-state index in [0.29, 0.717) is 6.42 Å². The number of aliphatic imine (C=N–C) groups is 1. The van der Waals surface area contributed by atoms with Crippen molar-refractivity contribution in [2.45, 2.75) is 56.0 Å². The molecule has 192 valence electrons. The minimum atomic E-state index is -1.54. The van der Waals surface area contributed by atoms with Crippen molar-refractivity contribution < 1.29 is 39.3 Å². The maximum atomic E-state index is 12.8. The van der Waals surface area contributed by atoms with Gasteiger partial charge in [0, 0.05) is 6.54 Å². The molecule has 1 saturated carbocycles. The van der Waals surface area contributed by atoms with E-state index in [1.165, 1.54) is 0 Å². The van der Waals surface area contributed by atoms with Crippen molar-refractivity contribution in [3.8, 4) is 0 Å². The van der Waals surface area contributed by atoms with Gasteiger partial charge in [0.05, 0.1) is 31.0 Å². The van der Waals surface area contributed by atoms with E-state index in [9.17, 15) is 34.2 Å². The molecule has 1 saturated heterocycles. The smallest absolute Gasteiger partial charge is 0.305 e. The summed E-state index contributed by atoms with van der Waals surface area (Å²) in [6.07, 6.45) is -3.59. The van der Waals surface area contributed by atoms with Crippen LogP contribution in [0.4, 0.5) is 0 Å². The highest BCUT2D eigenvalue weighted by Gasteiger charge is 2.46. The Hall–Kier alpha value is -3.17. The topological polar surface area (TPSA) is 259 Å². The van der Waals surface area contributed by atoms with E-state index in [1.807, 2.05) is 0 Å². The second-order valence-electron chi connectivity index (χ2n) is 7.88. The lowest BCUT2D eigenvalue weighted by Gasteiger charge is -2.23. The molecule has 2 rings (SSSR count). The standard InChI is InChI=1S/C18H29N7O8.ClH/c19-18(20)21-3-1-2-8-16(32)22-6-11(26)23-10(5-12(27)28)17(33)25-9-4-7(15(31)24-8)13(29)14(9)30;/h7-10,13-14,29-30H,1-6H2,(H,22,32)(H,23,26)(H,24,31)(H,25,33)(H,27,28)(H4,19,20,21);1H/t7-,8+,9+,10+,13-,14-;/m1./s1. The van der Waals surface area contributed by atoms with Crippen molar-refractivity contribution in [2.75, 3.05) is 13.1 Å². The molecule has 15 nitrogen and oxygen atoms in total. The third-order valence-corrected chi connectivity index (χ3v) is 5.38. The average Bonchev–Trinajstić information content (AvgIpc) is 3.01. The van der Waals surface area contributed by atoms with Gasteiger partial charge in [-0.2, -0.15) is 0 Å². The summed E-state index contributed by atoms with van der Waals surface area (Å²) in [4.78, 5) is 64.9. The number of nitrogens with one attached hydrogen (secondary N) is 4. The van der Waals surface area contributed by atoms with Crippen LogP contribution in [0.25, 0.3) is 0 Å². The van der Waals surface area contributed by atoms with Gasteiger partial charge in [-0.1, -0.05) is 0 Å². The summed E-state index contributed by atoms with van der Waals surface area (Å²) in [6, 6.07) is -3.67. The second-order valence-corrected chi connectivity index (χ2v) is 7.88. The number of amides is 4. The van der Waals surface area contributed by atoms with Crippen molar-refractivity contribution >= 4 is 48.0 Å². The molecule has 34 heavy (non-hydrogen) atoms. The van der Waals surface area contributed by atoms with Crippen LogP contribution < -0.4 is 32.7 Å². The Morgan fingerprint density at radius 1 is 0.971 bits per heavy atom. The van der Waals surface area contributed by atoms with E-state index >= 15 is 0 Å². The number of rotatable bonds is 6. The zero-order valence-electron chi connectivity index (χ0n) is 18.1. The first kappa shape index (κ1) is 28.9. The normalized spacial score (nSPS) is 29.9. The third-order valence-electron chi connectivity index (χ3n) is 5.38. The van der Waals surface area contributed by atoms with Gasteiger partial charge in [-0.25, -0.2) is 0 Å². The number of guanidine groups is 1. The Balaban J connectivity index is 0.00000578. The van der Waals surface area contributed by atoms with Crippen LogP contribution in [0.3, 0.4) is 0 Å². The zero-order chi connectivity index (χ0) is 24.7. The van der Waals surface area contributed by atoms with Crippen LogP contribution in [-0.2, 0) is 24.0 Å². The van der Waals surface area contributed by atoms with Gasteiger partial charge in [-0.05, 0) is 19.3 Å². The predicted octanol–water partition coefficient (Wildman–Crippen LogP) is -4.74. The molecular formula is C18H30ClN7O8. The molecule has 0 aromatic heterocycles. The van der Waals surface area contributed by atoms with Crippen LogP contribution in [0.15, 0.2) is 4.99 Å². The van der Waals surface area contributed by atoms with E-state index in [4.69, 9.17) is 16.6 Å². The number of hydrogen-bond donors (Lipinski definition) is 9. The summed E-state index contributed by atoms with van der Waals surface area (Å²) in [5.74, 6) is -5.85. The largest absolute Gasteiger partial charge is 0.481 e. The molecule has 0 radical (unpaired) electrons. The van der Waals surface area contributed by atoms with Crippen LogP contribution in [0.1, 0.15) is 25.7 Å². The number of carboxylic acids is 1. The molecule has 2 bridgehead atoms. The minimum Gasteiger partial charge on any atom is -0.481 e. The van der Waals surface area contributed by atoms with E-state index in [2.05, 4.69) is 26.3 Å². The highest BCUT2D eigenvalue weighted by atomic mass is 35.5. The summed E-state index contributed by atoms with van der Waals surface area (Å²) >= 11 is 0. The summed E-state index contributed by atoms with van der Waals surface area (Å²) < 4.78 is 0. The van der Waals surface area contributed by atoms with E-state index in [0.717, 1.165) is 0 Å². The maximum absolute atomic E-state index is 12.8. The molecule has 2 aliphatic rings. The monoisotopic (exact) mass is 507 g/mol. The molecular weight excluding hydrogens is 478 g/mol. The molecule has 0 unspecified atom stereocenters. The first-order valence-corrected chi connectivity index (χ1v) is 10.3. The molecule has 6 atom stereocenters. The van der Waals surface area contributed by atoms with Gasteiger partial charge in [-0.3, -0.25) is 29.0 Å². The molecule has 2 fully saturated rings. The van der Waals surface area contributed by atoms with E-state index < -0.39 is 78.8 Å². The third kappa shape index (κ3) is 8.00. The lowest BCUT2D eigenvalue weighted by atomic mass is 10.0. The number of halogens is 1.